The average molecular weight is 258 g/mol. The number of benzene rings is 1. The Morgan fingerprint density at radius 1 is 1.35 bits per heavy atom. The summed E-state index contributed by atoms with van der Waals surface area (Å²) < 4.78 is 4.41. The Balaban J connectivity index is 2.99. The molecule has 0 saturated heterocycles. The van der Waals surface area contributed by atoms with Gasteiger partial charge >= 0.3 is 11.9 Å². The quantitative estimate of drug-likeness (QED) is 0.625. The molecule has 0 spiro atoms. The van der Waals surface area contributed by atoms with Crippen molar-refractivity contribution in [2.24, 2.45) is 11.7 Å². The van der Waals surface area contributed by atoms with E-state index in [1.165, 1.54) is 0 Å². The van der Waals surface area contributed by atoms with Crippen LogP contribution in [0.3, 0.4) is 0 Å². The summed E-state index contributed by atoms with van der Waals surface area (Å²) in [5.41, 5.74) is 6.25. The number of hydrogen-bond donors (Lipinski definition) is 2. The molecule has 1 aromatic rings. The molecule has 5 nitrogen and oxygen atoms in total. The molecule has 0 saturated carbocycles. The molecule has 0 amide bonds. The van der Waals surface area contributed by atoms with Crippen LogP contribution in [0, 0.1) is 5.92 Å². The largest absolute Gasteiger partial charge is 0.481 e. The SMILES string of the molecule is COC(=O)C(C(=O)O)C(N)c1ccc(Cl)cc1. The number of nitrogens with two attached hydrogens (primary N) is 1. The first-order chi connectivity index (χ1) is 7.97. The second-order valence-corrected chi connectivity index (χ2v) is 3.85. The maximum atomic E-state index is 11.3. The normalized spacial score (nSPS) is 13.8. The first-order valence-corrected chi connectivity index (χ1v) is 5.17. The van der Waals surface area contributed by atoms with Crippen molar-refractivity contribution in [1.82, 2.24) is 0 Å². The zero-order valence-electron chi connectivity index (χ0n) is 9.09. The fourth-order valence-corrected chi connectivity index (χ4v) is 1.53. The van der Waals surface area contributed by atoms with Gasteiger partial charge in [0.25, 0.3) is 0 Å². The van der Waals surface area contributed by atoms with E-state index < -0.39 is 23.9 Å². The first kappa shape index (κ1) is 13.5. The number of carbonyl (C=O) groups is 2. The molecule has 0 aliphatic heterocycles. The number of aliphatic carboxylic acids is 1. The minimum Gasteiger partial charge on any atom is -0.481 e. The summed E-state index contributed by atoms with van der Waals surface area (Å²) in [7, 11) is 1.12. The first-order valence-electron chi connectivity index (χ1n) is 4.79. The smallest absolute Gasteiger partial charge is 0.322 e. The maximum Gasteiger partial charge on any atom is 0.322 e. The second-order valence-electron chi connectivity index (χ2n) is 3.42. The highest BCUT2D eigenvalue weighted by Gasteiger charge is 2.34. The van der Waals surface area contributed by atoms with Crippen LogP contribution in [0.2, 0.25) is 5.02 Å². The molecule has 0 heterocycles. The lowest BCUT2D eigenvalue weighted by Crippen LogP contribution is -2.35. The van der Waals surface area contributed by atoms with Crippen molar-refractivity contribution in [3.8, 4) is 0 Å². The summed E-state index contributed by atoms with van der Waals surface area (Å²) in [6.45, 7) is 0. The topological polar surface area (TPSA) is 89.6 Å². The van der Waals surface area contributed by atoms with Crippen LogP contribution in [0.5, 0.6) is 0 Å². The molecular weight excluding hydrogens is 246 g/mol. The lowest BCUT2D eigenvalue weighted by atomic mass is 9.94. The summed E-state index contributed by atoms with van der Waals surface area (Å²) in [5, 5.41) is 9.46. The molecule has 3 N–H and O–H groups in total. The molecule has 6 heteroatoms. The van der Waals surface area contributed by atoms with E-state index in [1.807, 2.05) is 0 Å². The number of carboxylic acids is 1. The predicted octanol–water partition coefficient (Wildman–Crippen LogP) is 1.21. The minimum atomic E-state index is -1.43. The summed E-state index contributed by atoms with van der Waals surface area (Å²) in [6.07, 6.45) is 0. The van der Waals surface area contributed by atoms with Gasteiger partial charge in [0.15, 0.2) is 5.92 Å². The van der Waals surface area contributed by atoms with Gasteiger partial charge < -0.3 is 15.6 Å². The summed E-state index contributed by atoms with van der Waals surface area (Å²) in [6, 6.07) is 5.33. The van der Waals surface area contributed by atoms with Gasteiger partial charge in [-0.05, 0) is 17.7 Å². The zero-order chi connectivity index (χ0) is 13.0. The van der Waals surface area contributed by atoms with Gasteiger partial charge in [0, 0.05) is 5.02 Å². The number of carbonyl (C=O) groups excluding carboxylic acids is 1. The van der Waals surface area contributed by atoms with Crippen LogP contribution in [0.25, 0.3) is 0 Å². The number of rotatable bonds is 4. The van der Waals surface area contributed by atoms with Crippen molar-refractivity contribution in [2.45, 2.75) is 6.04 Å². The highest BCUT2D eigenvalue weighted by atomic mass is 35.5. The highest BCUT2D eigenvalue weighted by Crippen LogP contribution is 2.22. The predicted molar refractivity (Wildman–Crippen MR) is 61.5 cm³/mol. The van der Waals surface area contributed by atoms with E-state index in [2.05, 4.69) is 4.74 Å². The molecule has 0 aliphatic rings. The summed E-state index contributed by atoms with van der Waals surface area (Å²) in [4.78, 5) is 22.3. The molecular formula is C11H12ClNO4. The Bertz CT molecular complexity index is 418. The van der Waals surface area contributed by atoms with Gasteiger partial charge in [-0.15, -0.1) is 0 Å². The van der Waals surface area contributed by atoms with E-state index in [-0.39, 0.29) is 0 Å². The Labute approximate surface area is 103 Å². The van der Waals surface area contributed by atoms with Gasteiger partial charge in [-0.1, -0.05) is 23.7 Å². The van der Waals surface area contributed by atoms with E-state index in [9.17, 15) is 9.59 Å². The van der Waals surface area contributed by atoms with Crippen molar-refractivity contribution >= 4 is 23.5 Å². The van der Waals surface area contributed by atoms with Crippen LogP contribution in [0.4, 0.5) is 0 Å². The molecule has 92 valence electrons. The van der Waals surface area contributed by atoms with Gasteiger partial charge in [0.1, 0.15) is 0 Å². The Kier molecular flexibility index (Phi) is 4.48. The molecule has 17 heavy (non-hydrogen) atoms. The van der Waals surface area contributed by atoms with E-state index in [0.717, 1.165) is 7.11 Å². The summed E-state index contributed by atoms with van der Waals surface area (Å²) in [5.74, 6) is -3.62. The average Bonchev–Trinajstić information content (AvgIpc) is 2.29. The lowest BCUT2D eigenvalue weighted by Gasteiger charge is -2.18. The van der Waals surface area contributed by atoms with Gasteiger partial charge in [0.05, 0.1) is 13.2 Å². The maximum absolute atomic E-state index is 11.3. The summed E-state index contributed by atoms with van der Waals surface area (Å²) >= 11 is 5.70. The number of methoxy groups -OCH3 is 1. The van der Waals surface area contributed by atoms with Crippen molar-refractivity contribution in [1.29, 1.82) is 0 Å². The molecule has 0 fully saturated rings. The fraction of sp³-hybridized carbons (Fsp3) is 0.273. The van der Waals surface area contributed by atoms with Gasteiger partial charge in [-0.25, -0.2) is 0 Å². The molecule has 1 aromatic carbocycles. The number of esters is 1. The van der Waals surface area contributed by atoms with Gasteiger partial charge in [-0.3, -0.25) is 9.59 Å². The van der Waals surface area contributed by atoms with Gasteiger partial charge in [-0.2, -0.15) is 0 Å². The molecule has 2 atom stereocenters. The number of halogens is 1. The third-order valence-electron chi connectivity index (χ3n) is 2.34. The molecule has 0 radical (unpaired) electrons. The van der Waals surface area contributed by atoms with E-state index in [1.54, 1.807) is 24.3 Å². The van der Waals surface area contributed by atoms with Crippen LogP contribution in [0.1, 0.15) is 11.6 Å². The van der Waals surface area contributed by atoms with Gasteiger partial charge in [0.2, 0.25) is 0 Å². The van der Waals surface area contributed by atoms with E-state index in [0.29, 0.717) is 10.6 Å². The van der Waals surface area contributed by atoms with Crippen LogP contribution in [-0.4, -0.2) is 24.2 Å². The third-order valence-corrected chi connectivity index (χ3v) is 2.59. The molecule has 0 aliphatic carbocycles. The van der Waals surface area contributed by atoms with Crippen LogP contribution in [0.15, 0.2) is 24.3 Å². The van der Waals surface area contributed by atoms with Crippen LogP contribution in [-0.2, 0) is 14.3 Å². The van der Waals surface area contributed by atoms with Crippen LogP contribution < -0.4 is 5.73 Å². The molecule has 2 unspecified atom stereocenters. The van der Waals surface area contributed by atoms with Crippen molar-refractivity contribution in [3.05, 3.63) is 34.9 Å². The molecule has 0 aromatic heterocycles. The number of hydrogen-bond acceptors (Lipinski definition) is 4. The standard InChI is InChI=1S/C11H12ClNO4/c1-17-11(16)8(10(14)15)9(13)6-2-4-7(12)5-3-6/h2-5,8-9H,13H2,1H3,(H,14,15). The number of carboxylic acid groups (broad SMARTS) is 1. The van der Waals surface area contributed by atoms with Crippen molar-refractivity contribution in [3.63, 3.8) is 0 Å². The lowest BCUT2D eigenvalue weighted by molar-refractivity contribution is -0.157. The Morgan fingerprint density at radius 2 is 1.88 bits per heavy atom. The Morgan fingerprint density at radius 3 is 2.29 bits per heavy atom. The third kappa shape index (κ3) is 3.18. The number of ether oxygens (including phenoxy) is 1. The minimum absolute atomic E-state index is 0.505. The highest BCUT2D eigenvalue weighted by molar-refractivity contribution is 6.30. The monoisotopic (exact) mass is 257 g/mol. The fourth-order valence-electron chi connectivity index (χ4n) is 1.41. The molecule has 0 bridgehead atoms. The Hall–Kier alpha value is -1.59. The van der Waals surface area contributed by atoms with E-state index in [4.69, 9.17) is 22.4 Å². The second kappa shape index (κ2) is 5.65. The van der Waals surface area contributed by atoms with Crippen LogP contribution >= 0.6 is 11.6 Å². The molecule has 1 rings (SSSR count). The zero-order valence-corrected chi connectivity index (χ0v) is 9.85. The van der Waals surface area contributed by atoms with Crippen molar-refractivity contribution < 1.29 is 19.4 Å². The van der Waals surface area contributed by atoms with E-state index >= 15 is 0 Å². The van der Waals surface area contributed by atoms with Crippen molar-refractivity contribution in [2.75, 3.05) is 7.11 Å².